The maximum Gasteiger partial charge on any atom is 0.275 e. The van der Waals surface area contributed by atoms with Gasteiger partial charge in [-0.25, -0.2) is 19.9 Å². The van der Waals surface area contributed by atoms with E-state index in [1.165, 1.54) is 22.9 Å². The SMILES string of the molecule is CC1(N)CCN(c2cnc(Sc3cccc(NC(=O)c4cnc(N5CCC(N6CC=C(c7ccc(C(=O)NCc8ccc9c(c8)CN(C8CCC(=O)NC8=O)C9=O)nn7)CC6)CC5)cn4)c3)cn2)CC1. The Morgan fingerprint density at radius 3 is 2.30 bits per heavy atom. The summed E-state index contributed by atoms with van der Waals surface area (Å²) in [7, 11) is 0. The lowest BCUT2D eigenvalue weighted by molar-refractivity contribution is -0.136. The number of hydrogen-bond donors (Lipinski definition) is 4. The Balaban J connectivity index is 0.652. The van der Waals surface area contributed by atoms with E-state index in [1.807, 2.05) is 42.6 Å². The van der Waals surface area contributed by atoms with E-state index in [0.717, 1.165) is 115 Å². The minimum Gasteiger partial charge on any atom is -0.355 e. The normalized spacial score (nSPS) is 19.6. The Hall–Kier alpha value is -7.16. The molecule has 5 amide bonds. The first-order valence-corrected chi connectivity index (χ1v) is 24.6. The number of carbonyl (C=O) groups is 5. The zero-order valence-electron chi connectivity index (χ0n) is 38.8. The Labute approximate surface area is 409 Å². The second kappa shape index (κ2) is 20.1. The third-order valence-electron chi connectivity index (χ3n) is 13.8. The molecule has 5 aliphatic heterocycles. The van der Waals surface area contributed by atoms with E-state index in [1.54, 1.807) is 30.6 Å². The fraction of sp³-hybridized carbons (Fsp3) is 0.380. The monoisotopic (exact) mass is 962 g/mol. The average molecular weight is 963 g/mol. The van der Waals surface area contributed by atoms with Gasteiger partial charge >= 0.3 is 0 Å². The third-order valence-corrected chi connectivity index (χ3v) is 14.8. The highest BCUT2D eigenvalue weighted by Gasteiger charge is 2.39. The number of nitrogens with two attached hydrogens (primary N) is 1. The third kappa shape index (κ3) is 10.5. The van der Waals surface area contributed by atoms with Gasteiger partial charge in [-0.3, -0.25) is 34.2 Å². The molecule has 70 heavy (non-hydrogen) atoms. The van der Waals surface area contributed by atoms with Gasteiger partial charge in [0.1, 0.15) is 28.4 Å². The van der Waals surface area contributed by atoms with Gasteiger partial charge < -0.3 is 31.1 Å². The van der Waals surface area contributed by atoms with Crippen LogP contribution in [0.5, 0.6) is 0 Å². The first-order chi connectivity index (χ1) is 33.9. The van der Waals surface area contributed by atoms with Crippen molar-refractivity contribution in [2.75, 3.05) is 54.4 Å². The van der Waals surface area contributed by atoms with Gasteiger partial charge in [0.15, 0.2) is 5.69 Å². The molecule has 0 bridgehead atoms. The summed E-state index contributed by atoms with van der Waals surface area (Å²) in [5, 5.41) is 17.6. The van der Waals surface area contributed by atoms with E-state index in [4.69, 9.17) is 5.73 Å². The van der Waals surface area contributed by atoms with Crippen molar-refractivity contribution >= 4 is 64.2 Å². The predicted octanol–water partition coefficient (Wildman–Crippen LogP) is 4.23. The lowest BCUT2D eigenvalue weighted by atomic mass is 9.91. The van der Waals surface area contributed by atoms with E-state index in [2.05, 4.69) is 73.8 Å². The number of benzene rings is 2. The number of hydrogen-bond acceptors (Lipinski definition) is 16. The van der Waals surface area contributed by atoms with Crippen LogP contribution >= 0.6 is 11.8 Å². The number of amides is 5. The van der Waals surface area contributed by atoms with Crippen molar-refractivity contribution in [2.45, 2.75) is 92.5 Å². The molecule has 360 valence electrons. The Morgan fingerprint density at radius 1 is 0.814 bits per heavy atom. The second-order valence-electron chi connectivity index (χ2n) is 18.8. The largest absolute Gasteiger partial charge is 0.355 e. The Bertz CT molecular complexity index is 2830. The molecule has 3 fully saturated rings. The molecule has 2 aromatic carbocycles. The van der Waals surface area contributed by atoms with E-state index < -0.39 is 11.9 Å². The van der Waals surface area contributed by atoms with Crippen LogP contribution in [0.15, 0.2) is 95.4 Å². The molecule has 19 nitrogen and oxygen atoms in total. The molecule has 3 saturated heterocycles. The summed E-state index contributed by atoms with van der Waals surface area (Å²) in [6, 6.07) is 16.2. The van der Waals surface area contributed by atoms with Gasteiger partial charge in [-0.1, -0.05) is 36.0 Å². The topological polar surface area (TPSA) is 238 Å². The maximum atomic E-state index is 13.2. The molecule has 0 saturated carbocycles. The molecule has 0 spiro atoms. The smallest absolute Gasteiger partial charge is 0.275 e. The van der Waals surface area contributed by atoms with Crippen LogP contribution in [-0.4, -0.2) is 126 Å². The van der Waals surface area contributed by atoms with Gasteiger partial charge in [0.2, 0.25) is 11.8 Å². The molecule has 8 heterocycles. The zero-order valence-corrected chi connectivity index (χ0v) is 39.7. The molecule has 1 atom stereocenters. The highest BCUT2D eigenvalue weighted by Crippen LogP contribution is 2.32. The summed E-state index contributed by atoms with van der Waals surface area (Å²) >= 11 is 1.48. The van der Waals surface area contributed by atoms with Gasteiger partial charge in [0.25, 0.3) is 17.7 Å². The maximum absolute atomic E-state index is 13.2. The summed E-state index contributed by atoms with van der Waals surface area (Å²) in [5.41, 5.74) is 11.2. The molecule has 0 aliphatic carbocycles. The zero-order chi connectivity index (χ0) is 48.4. The Kier molecular flexibility index (Phi) is 13.3. The summed E-state index contributed by atoms with van der Waals surface area (Å²) in [5.74, 6) is -0.120. The number of nitrogens with zero attached hydrogens (tertiary/aromatic N) is 10. The lowest BCUT2D eigenvalue weighted by Crippen LogP contribution is -2.52. The van der Waals surface area contributed by atoms with Crippen molar-refractivity contribution in [2.24, 2.45) is 5.73 Å². The molecule has 5 aliphatic rings. The van der Waals surface area contributed by atoms with Crippen molar-refractivity contribution < 1.29 is 24.0 Å². The summed E-state index contributed by atoms with van der Waals surface area (Å²) < 4.78 is 0. The Morgan fingerprint density at radius 2 is 1.60 bits per heavy atom. The van der Waals surface area contributed by atoms with Crippen LogP contribution in [0, 0.1) is 0 Å². The first kappa shape index (κ1) is 46.6. The molecule has 10 rings (SSSR count). The van der Waals surface area contributed by atoms with Crippen LogP contribution in [0.25, 0.3) is 5.57 Å². The van der Waals surface area contributed by atoms with Crippen LogP contribution in [0.3, 0.4) is 0 Å². The number of imide groups is 1. The summed E-state index contributed by atoms with van der Waals surface area (Å²) in [6.45, 7) is 7.63. The van der Waals surface area contributed by atoms with Gasteiger partial charge in [0.05, 0.1) is 30.5 Å². The molecule has 3 aromatic heterocycles. The average Bonchev–Trinajstić information content (AvgIpc) is 3.70. The van der Waals surface area contributed by atoms with Crippen molar-refractivity contribution in [3.63, 3.8) is 0 Å². The standard InChI is InChI=1S/C50H54N14O5S/c1-50(51)15-21-63(22-16-50)43-28-55-45(29-54-43)70-36-4-2-3-34(24-36)57-47(67)40-26-53-42(27-52-40)62-19-13-35(14-20-62)61-17-11-32(12-18-61)38-7-8-39(60-59-38)46(66)56-25-31-5-6-37-33(23-31)30-64(49(37)69)41-9-10-44(65)58-48(41)68/h2-8,11,23-24,26-29,35,41H,9-10,12-22,25,30,51H2,1H3,(H,56,66)(H,57,67)(H,58,65,68). The lowest BCUT2D eigenvalue weighted by Gasteiger charge is -2.40. The van der Waals surface area contributed by atoms with Gasteiger partial charge in [-0.2, -0.15) is 5.10 Å². The van der Waals surface area contributed by atoms with E-state index in [9.17, 15) is 24.0 Å². The summed E-state index contributed by atoms with van der Waals surface area (Å²) in [6.07, 6.45) is 14.1. The number of fused-ring (bicyclic) bond motifs is 1. The van der Waals surface area contributed by atoms with Crippen molar-refractivity contribution in [3.8, 4) is 0 Å². The quantitative estimate of drug-likeness (QED) is 0.128. The number of nitrogens with one attached hydrogen (secondary N) is 3. The van der Waals surface area contributed by atoms with Crippen molar-refractivity contribution in [1.82, 2.24) is 50.6 Å². The minimum absolute atomic E-state index is 0.129. The number of rotatable bonds is 12. The van der Waals surface area contributed by atoms with Crippen molar-refractivity contribution in [1.29, 1.82) is 0 Å². The summed E-state index contributed by atoms with van der Waals surface area (Å²) in [4.78, 5) is 91.0. The minimum atomic E-state index is -0.683. The van der Waals surface area contributed by atoms with Crippen LogP contribution in [0.4, 0.5) is 17.3 Å². The fourth-order valence-corrected chi connectivity index (χ4v) is 10.5. The van der Waals surface area contributed by atoms with Crippen LogP contribution in [0.1, 0.15) is 100 Å². The van der Waals surface area contributed by atoms with E-state index in [0.29, 0.717) is 23.7 Å². The number of aromatic nitrogens is 6. The molecule has 1 unspecified atom stereocenters. The molecule has 20 heteroatoms. The highest BCUT2D eigenvalue weighted by molar-refractivity contribution is 7.99. The number of carbonyl (C=O) groups excluding carboxylic acids is 5. The molecule has 0 radical (unpaired) electrons. The highest BCUT2D eigenvalue weighted by atomic mass is 32.2. The van der Waals surface area contributed by atoms with E-state index in [-0.39, 0.29) is 60.1 Å². The first-order valence-electron chi connectivity index (χ1n) is 23.8. The van der Waals surface area contributed by atoms with Gasteiger partial charge in [-0.05, 0) is 98.5 Å². The van der Waals surface area contributed by atoms with Gasteiger partial charge in [-0.15, -0.1) is 5.10 Å². The fourth-order valence-electron chi connectivity index (χ4n) is 9.67. The van der Waals surface area contributed by atoms with Crippen LogP contribution in [0.2, 0.25) is 0 Å². The molecular formula is C50H54N14O5S. The molecule has 5 aromatic rings. The van der Waals surface area contributed by atoms with Crippen LogP contribution in [-0.2, 0) is 22.7 Å². The molecule has 5 N–H and O–H groups in total. The molecular weight excluding hydrogens is 909 g/mol. The number of piperidine rings is 3. The second-order valence-corrected chi connectivity index (χ2v) is 19.9. The number of anilines is 3. The predicted molar refractivity (Wildman–Crippen MR) is 262 cm³/mol. The van der Waals surface area contributed by atoms with Gasteiger partial charge in [0, 0.05) is 86.5 Å². The van der Waals surface area contributed by atoms with Crippen molar-refractivity contribution in [3.05, 3.63) is 119 Å². The van der Waals surface area contributed by atoms with Crippen LogP contribution < -0.4 is 31.5 Å². The van der Waals surface area contributed by atoms with E-state index >= 15 is 0 Å².